The summed E-state index contributed by atoms with van der Waals surface area (Å²) in [6, 6.07) is 0. The number of rotatable bonds is 5. The van der Waals surface area contributed by atoms with Gasteiger partial charge in [0, 0.05) is 18.8 Å². The topological polar surface area (TPSA) is 45.2 Å². The van der Waals surface area contributed by atoms with Crippen molar-refractivity contribution in [3.8, 4) is 0 Å². The van der Waals surface area contributed by atoms with Crippen LogP contribution in [0.15, 0.2) is 10.9 Å². The molecule has 0 saturated carbocycles. The molecule has 7 heteroatoms. The Hall–Kier alpha value is -0.360. The van der Waals surface area contributed by atoms with Crippen LogP contribution in [0.2, 0.25) is 0 Å². The van der Waals surface area contributed by atoms with E-state index in [1.807, 2.05) is 12.4 Å². The largest absolute Gasteiger partial charge is 0.340 e. The Morgan fingerprint density at radius 2 is 2.37 bits per heavy atom. The maximum Gasteiger partial charge on any atom is 0.222 e. The summed E-state index contributed by atoms with van der Waals surface area (Å²) in [5.74, 6) is 0.913. The fourth-order valence-corrected chi connectivity index (χ4v) is 2.68. The number of hydrogen-bond acceptors (Lipinski definition) is 4. The Morgan fingerprint density at radius 1 is 1.58 bits per heavy atom. The molecule has 0 radical (unpaired) electrons. The van der Waals surface area contributed by atoms with Gasteiger partial charge in [0.25, 0.3) is 0 Å². The van der Waals surface area contributed by atoms with E-state index in [1.165, 1.54) is 6.42 Å². The summed E-state index contributed by atoms with van der Waals surface area (Å²) in [6.07, 6.45) is 2.88. The number of hydrogen-bond donors (Lipinski definition) is 1. The molecule has 0 bridgehead atoms. The van der Waals surface area contributed by atoms with Gasteiger partial charge in [-0.15, -0.1) is 36.2 Å². The first-order chi connectivity index (χ1) is 8.25. The Kier molecular flexibility index (Phi) is 9.35. The molecule has 0 spiro atoms. The third-order valence-electron chi connectivity index (χ3n) is 3.24. The molecule has 1 aromatic heterocycles. The SMILES string of the molecule is CN(Cc1cscn1)C(=O)CCC1CCNC1.Cl.Cl. The van der Waals surface area contributed by atoms with Crippen molar-refractivity contribution in [3.05, 3.63) is 16.6 Å². The molecule has 2 heterocycles. The van der Waals surface area contributed by atoms with Crippen LogP contribution in [0, 0.1) is 5.92 Å². The van der Waals surface area contributed by atoms with Crippen molar-refractivity contribution < 1.29 is 4.79 Å². The van der Waals surface area contributed by atoms with E-state index in [0.29, 0.717) is 18.9 Å². The molecule has 1 aliphatic heterocycles. The molecule has 1 N–H and O–H groups in total. The minimum absolute atomic E-state index is 0. The number of nitrogens with one attached hydrogen (secondary N) is 1. The van der Waals surface area contributed by atoms with Crippen molar-refractivity contribution in [2.75, 3.05) is 20.1 Å². The summed E-state index contributed by atoms with van der Waals surface area (Å²) < 4.78 is 0. The van der Waals surface area contributed by atoms with Crippen LogP contribution in [0.3, 0.4) is 0 Å². The standard InChI is InChI=1S/C12H19N3OS.2ClH/c1-15(7-11-8-17-9-14-11)12(16)3-2-10-4-5-13-6-10;;/h8-10,13H,2-7H2,1H3;2*1H. The lowest BCUT2D eigenvalue weighted by Gasteiger charge is -2.17. The van der Waals surface area contributed by atoms with E-state index in [9.17, 15) is 4.79 Å². The molecule has 0 aromatic carbocycles. The van der Waals surface area contributed by atoms with E-state index >= 15 is 0 Å². The average Bonchev–Trinajstić information content (AvgIpc) is 2.98. The summed E-state index contributed by atoms with van der Waals surface area (Å²) in [7, 11) is 1.86. The van der Waals surface area contributed by atoms with Crippen molar-refractivity contribution >= 4 is 42.1 Å². The predicted octanol–water partition coefficient (Wildman–Crippen LogP) is 2.33. The van der Waals surface area contributed by atoms with Gasteiger partial charge in [-0.3, -0.25) is 4.79 Å². The average molecular weight is 326 g/mol. The minimum Gasteiger partial charge on any atom is -0.340 e. The van der Waals surface area contributed by atoms with Gasteiger partial charge in [0.15, 0.2) is 0 Å². The van der Waals surface area contributed by atoms with Crippen molar-refractivity contribution in [1.82, 2.24) is 15.2 Å². The van der Waals surface area contributed by atoms with E-state index in [-0.39, 0.29) is 30.7 Å². The number of carbonyl (C=O) groups is 1. The lowest BCUT2D eigenvalue weighted by Crippen LogP contribution is -2.26. The quantitative estimate of drug-likeness (QED) is 0.903. The van der Waals surface area contributed by atoms with Crippen LogP contribution in [0.25, 0.3) is 0 Å². The van der Waals surface area contributed by atoms with E-state index in [4.69, 9.17) is 0 Å². The van der Waals surface area contributed by atoms with Crippen molar-refractivity contribution in [3.63, 3.8) is 0 Å². The highest BCUT2D eigenvalue weighted by Crippen LogP contribution is 2.15. The molecule has 0 aliphatic carbocycles. The van der Waals surface area contributed by atoms with Crippen molar-refractivity contribution in [1.29, 1.82) is 0 Å². The minimum atomic E-state index is 0. The molecular formula is C12H21Cl2N3OS. The first-order valence-corrected chi connectivity index (χ1v) is 7.01. The lowest BCUT2D eigenvalue weighted by atomic mass is 10.0. The predicted molar refractivity (Wildman–Crippen MR) is 83.3 cm³/mol. The highest BCUT2D eigenvalue weighted by atomic mass is 35.5. The highest BCUT2D eigenvalue weighted by Gasteiger charge is 2.17. The zero-order valence-electron chi connectivity index (χ0n) is 11.0. The first kappa shape index (κ1) is 18.6. The summed E-state index contributed by atoms with van der Waals surface area (Å²) in [4.78, 5) is 17.9. The molecule has 1 aliphatic rings. The van der Waals surface area contributed by atoms with Gasteiger partial charge in [-0.25, -0.2) is 4.98 Å². The van der Waals surface area contributed by atoms with Gasteiger partial charge >= 0.3 is 0 Å². The van der Waals surface area contributed by atoms with Crippen LogP contribution in [0.1, 0.15) is 25.0 Å². The normalized spacial score (nSPS) is 17.4. The molecule has 1 atom stereocenters. The van der Waals surface area contributed by atoms with E-state index in [2.05, 4.69) is 10.3 Å². The fourth-order valence-electron chi connectivity index (χ4n) is 2.13. The number of amides is 1. The van der Waals surface area contributed by atoms with Gasteiger partial charge in [-0.2, -0.15) is 0 Å². The van der Waals surface area contributed by atoms with Crippen LogP contribution in [0.4, 0.5) is 0 Å². The number of carbonyl (C=O) groups excluding carboxylic acids is 1. The highest BCUT2D eigenvalue weighted by molar-refractivity contribution is 7.07. The number of halogens is 2. The van der Waals surface area contributed by atoms with Crippen molar-refractivity contribution in [2.45, 2.75) is 25.8 Å². The third-order valence-corrected chi connectivity index (χ3v) is 3.87. The molecule has 4 nitrogen and oxygen atoms in total. The monoisotopic (exact) mass is 325 g/mol. The molecule has 2 rings (SSSR count). The van der Waals surface area contributed by atoms with E-state index < -0.39 is 0 Å². The Bertz CT molecular complexity index is 356. The van der Waals surface area contributed by atoms with Crippen LogP contribution in [-0.2, 0) is 11.3 Å². The number of aromatic nitrogens is 1. The van der Waals surface area contributed by atoms with Crippen LogP contribution in [-0.4, -0.2) is 35.9 Å². The van der Waals surface area contributed by atoms with Gasteiger partial charge in [0.2, 0.25) is 5.91 Å². The zero-order valence-corrected chi connectivity index (χ0v) is 13.5. The zero-order chi connectivity index (χ0) is 12.1. The van der Waals surface area contributed by atoms with Gasteiger partial charge in [-0.05, 0) is 31.8 Å². The Balaban J connectivity index is 0.00000162. The van der Waals surface area contributed by atoms with Gasteiger partial charge in [-0.1, -0.05) is 0 Å². The summed E-state index contributed by atoms with van der Waals surface area (Å²) >= 11 is 1.57. The molecule has 1 saturated heterocycles. The van der Waals surface area contributed by atoms with Gasteiger partial charge < -0.3 is 10.2 Å². The molecule has 19 heavy (non-hydrogen) atoms. The Morgan fingerprint density at radius 3 is 2.95 bits per heavy atom. The van der Waals surface area contributed by atoms with Gasteiger partial charge in [0.1, 0.15) is 0 Å². The van der Waals surface area contributed by atoms with Crippen LogP contribution in [0.5, 0.6) is 0 Å². The van der Waals surface area contributed by atoms with Crippen LogP contribution < -0.4 is 5.32 Å². The maximum atomic E-state index is 11.9. The fraction of sp³-hybridized carbons (Fsp3) is 0.667. The number of thiazole rings is 1. The molecule has 1 fully saturated rings. The Labute approximate surface area is 130 Å². The second-order valence-electron chi connectivity index (χ2n) is 4.63. The maximum absolute atomic E-state index is 11.9. The van der Waals surface area contributed by atoms with E-state index in [0.717, 1.165) is 25.2 Å². The van der Waals surface area contributed by atoms with Crippen molar-refractivity contribution in [2.24, 2.45) is 5.92 Å². The smallest absolute Gasteiger partial charge is 0.222 e. The third kappa shape index (κ3) is 6.08. The molecule has 1 amide bonds. The lowest BCUT2D eigenvalue weighted by molar-refractivity contribution is -0.130. The summed E-state index contributed by atoms with van der Waals surface area (Å²) in [5.41, 5.74) is 2.78. The second-order valence-corrected chi connectivity index (χ2v) is 5.35. The second kappa shape index (κ2) is 9.53. The van der Waals surface area contributed by atoms with Gasteiger partial charge in [0.05, 0.1) is 17.7 Å². The van der Waals surface area contributed by atoms with Crippen LogP contribution >= 0.6 is 36.2 Å². The molecule has 110 valence electrons. The van der Waals surface area contributed by atoms with E-state index in [1.54, 1.807) is 21.7 Å². The molecule has 1 unspecified atom stereocenters. The first-order valence-electron chi connectivity index (χ1n) is 6.07. The summed E-state index contributed by atoms with van der Waals surface area (Å²) in [6.45, 7) is 2.81. The number of nitrogens with zero attached hydrogens (tertiary/aromatic N) is 2. The summed E-state index contributed by atoms with van der Waals surface area (Å²) in [5, 5.41) is 5.32. The molecular weight excluding hydrogens is 305 g/mol. The molecule has 1 aromatic rings.